The molecule has 3 rings (SSSR count). The van der Waals surface area contributed by atoms with Crippen molar-refractivity contribution in [1.29, 1.82) is 0 Å². The Morgan fingerprint density at radius 3 is 2.62 bits per heavy atom. The molecule has 106 valence electrons. The number of aliphatic imine (C=N–C) groups is 1. The predicted molar refractivity (Wildman–Crippen MR) is 99.7 cm³/mol. The monoisotopic (exact) mass is 421 g/mol. The first-order chi connectivity index (χ1) is 10.1. The molecule has 0 aliphatic rings. The summed E-state index contributed by atoms with van der Waals surface area (Å²) in [6, 6.07) is 17.0. The summed E-state index contributed by atoms with van der Waals surface area (Å²) in [6.45, 7) is 2.13. The number of benzene rings is 2. The molecule has 1 heterocycles. The third kappa shape index (κ3) is 3.28. The number of thiophene rings is 1. The van der Waals surface area contributed by atoms with Crippen LogP contribution in [0.15, 0.2) is 61.1 Å². The van der Waals surface area contributed by atoms with E-state index >= 15 is 0 Å². The quantitative estimate of drug-likeness (QED) is 0.421. The molecule has 0 saturated heterocycles. The molecule has 4 heteroatoms. The molecule has 0 N–H and O–H groups in total. The maximum atomic E-state index is 4.72. The summed E-state index contributed by atoms with van der Waals surface area (Å²) < 4.78 is 2.21. The van der Waals surface area contributed by atoms with Crippen LogP contribution in [0, 0.1) is 0 Å². The Morgan fingerprint density at radius 2 is 1.86 bits per heavy atom. The fourth-order valence-electron chi connectivity index (χ4n) is 2.33. The van der Waals surface area contributed by atoms with E-state index < -0.39 is 0 Å². The van der Waals surface area contributed by atoms with Crippen LogP contribution >= 0.6 is 43.2 Å². The van der Waals surface area contributed by atoms with Crippen molar-refractivity contribution < 1.29 is 0 Å². The molecule has 0 saturated carbocycles. The minimum Gasteiger partial charge on any atom is -0.285 e. The smallest absolute Gasteiger partial charge is 0.0798 e. The van der Waals surface area contributed by atoms with E-state index in [-0.39, 0.29) is 6.04 Å². The van der Waals surface area contributed by atoms with Crippen LogP contribution in [-0.2, 0) is 0 Å². The summed E-state index contributed by atoms with van der Waals surface area (Å²) in [6.07, 6.45) is 1.94. The lowest BCUT2D eigenvalue weighted by Gasteiger charge is -2.10. The highest BCUT2D eigenvalue weighted by atomic mass is 79.9. The van der Waals surface area contributed by atoms with Crippen molar-refractivity contribution in [2.75, 3.05) is 0 Å². The van der Waals surface area contributed by atoms with Crippen LogP contribution in [0.4, 0.5) is 0 Å². The van der Waals surface area contributed by atoms with Crippen LogP contribution in [0.2, 0.25) is 0 Å². The van der Waals surface area contributed by atoms with Crippen LogP contribution in [0.5, 0.6) is 0 Å². The zero-order valence-corrected chi connectivity index (χ0v) is 15.4. The second kappa shape index (κ2) is 6.42. The SMILES string of the molecule is C[C@@H](N=Cc1cc(Br)sc1Br)c1cccc2ccccc12. The minimum absolute atomic E-state index is 0.127. The van der Waals surface area contributed by atoms with Crippen LogP contribution in [0.3, 0.4) is 0 Å². The van der Waals surface area contributed by atoms with Gasteiger partial charge in [0.05, 0.1) is 13.6 Å². The molecule has 21 heavy (non-hydrogen) atoms. The maximum Gasteiger partial charge on any atom is 0.0798 e. The van der Waals surface area contributed by atoms with Gasteiger partial charge in [0.15, 0.2) is 0 Å². The first-order valence-electron chi connectivity index (χ1n) is 6.61. The van der Waals surface area contributed by atoms with Crippen molar-refractivity contribution >= 4 is 60.2 Å². The predicted octanol–water partition coefficient (Wildman–Crippen LogP) is 6.61. The third-order valence-corrected chi connectivity index (χ3v) is 5.78. The average molecular weight is 423 g/mol. The summed E-state index contributed by atoms with van der Waals surface area (Å²) in [7, 11) is 0. The normalized spacial score (nSPS) is 13.1. The highest BCUT2D eigenvalue weighted by molar-refractivity contribution is 9.12. The fraction of sp³-hybridized carbons (Fsp3) is 0.118. The summed E-state index contributed by atoms with van der Waals surface area (Å²) in [5, 5.41) is 2.53. The van der Waals surface area contributed by atoms with Crippen molar-refractivity contribution in [1.82, 2.24) is 0 Å². The van der Waals surface area contributed by atoms with Gasteiger partial charge in [0, 0.05) is 11.8 Å². The fourth-order valence-corrected chi connectivity index (χ4v) is 5.04. The molecule has 0 aliphatic heterocycles. The number of halogens is 2. The Kier molecular flexibility index (Phi) is 4.57. The number of hydrogen-bond donors (Lipinski definition) is 0. The van der Waals surface area contributed by atoms with Crippen LogP contribution in [0.25, 0.3) is 10.8 Å². The molecule has 0 spiro atoms. The van der Waals surface area contributed by atoms with E-state index in [0.29, 0.717) is 0 Å². The van der Waals surface area contributed by atoms with Gasteiger partial charge in [-0.3, -0.25) is 4.99 Å². The van der Waals surface area contributed by atoms with Gasteiger partial charge in [-0.1, -0.05) is 42.5 Å². The number of hydrogen-bond acceptors (Lipinski definition) is 2. The van der Waals surface area contributed by atoms with Crippen LogP contribution < -0.4 is 0 Å². The van der Waals surface area contributed by atoms with Gasteiger partial charge in [0.25, 0.3) is 0 Å². The van der Waals surface area contributed by atoms with Crippen molar-refractivity contribution in [3.63, 3.8) is 0 Å². The lowest BCUT2D eigenvalue weighted by molar-refractivity contribution is 0.834. The first-order valence-corrected chi connectivity index (χ1v) is 9.01. The molecule has 3 aromatic rings. The Bertz CT molecular complexity index is 802. The van der Waals surface area contributed by atoms with Gasteiger partial charge in [-0.05, 0) is 61.2 Å². The Balaban J connectivity index is 1.94. The second-order valence-electron chi connectivity index (χ2n) is 4.80. The highest BCUT2D eigenvalue weighted by Gasteiger charge is 2.08. The van der Waals surface area contributed by atoms with Crippen molar-refractivity contribution in [3.8, 4) is 0 Å². The third-order valence-electron chi connectivity index (χ3n) is 3.39. The van der Waals surface area contributed by atoms with Gasteiger partial charge in [-0.2, -0.15) is 0 Å². The molecule has 0 aliphatic carbocycles. The summed E-state index contributed by atoms with van der Waals surface area (Å²) in [5.41, 5.74) is 2.37. The summed E-state index contributed by atoms with van der Waals surface area (Å²) in [4.78, 5) is 4.72. The molecular formula is C17H13Br2NS. The van der Waals surface area contributed by atoms with E-state index in [4.69, 9.17) is 4.99 Å². The summed E-state index contributed by atoms with van der Waals surface area (Å²) in [5.74, 6) is 0. The molecule has 1 nitrogen and oxygen atoms in total. The maximum absolute atomic E-state index is 4.72. The lowest BCUT2D eigenvalue weighted by Crippen LogP contribution is -1.92. The number of rotatable bonds is 3. The first kappa shape index (κ1) is 14.9. The van der Waals surface area contributed by atoms with Gasteiger partial charge in [0.1, 0.15) is 0 Å². The van der Waals surface area contributed by atoms with Gasteiger partial charge in [0.2, 0.25) is 0 Å². The molecular weight excluding hydrogens is 410 g/mol. The zero-order valence-electron chi connectivity index (χ0n) is 11.4. The zero-order chi connectivity index (χ0) is 14.8. The molecule has 0 fully saturated rings. The van der Waals surface area contributed by atoms with Crippen LogP contribution in [0.1, 0.15) is 24.1 Å². The Labute approximate surface area is 145 Å². The van der Waals surface area contributed by atoms with E-state index in [9.17, 15) is 0 Å². The van der Waals surface area contributed by atoms with E-state index in [1.807, 2.05) is 6.21 Å². The number of nitrogens with zero attached hydrogens (tertiary/aromatic N) is 1. The van der Waals surface area contributed by atoms with E-state index in [1.165, 1.54) is 16.3 Å². The van der Waals surface area contributed by atoms with Crippen molar-refractivity contribution in [2.24, 2.45) is 4.99 Å². The Hall–Kier alpha value is -0.970. The molecule has 0 unspecified atom stereocenters. The van der Waals surface area contributed by atoms with Gasteiger partial charge in [-0.25, -0.2) is 0 Å². The molecule has 1 aromatic heterocycles. The number of fused-ring (bicyclic) bond motifs is 1. The molecule has 2 aromatic carbocycles. The lowest BCUT2D eigenvalue weighted by atomic mass is 10.00. The van der Waals surface area contributed by atoms with Crippen LogP contribution in [-0.4, -0.2) is 6.21 Å². The van der Waals surface area contributed by atoms with E-state index in [0.717, 1.165) is 13.1 Å². The Morgan fingerprint density at radius 1 is 1.10 bits per heavy atom. The molecule has 0 bridgehead atoms. The van der Waals surface area contributed by atoms with E-state index in [2.05, 4.69) is 87.3 Å². The standard InChI is InChI=1S/C17H13Br2NS/c1-11(20-10-13-9-16(18)21-17(13)19)14-8-4-6-12-5-2-3-7-15(12)14/h2-11H,1H3/t11-/m1/s1. The van der Waals surface area contributed by atoms with Gasteiger partial charge < -0.3 is 0 Å². The second-order valence-corrected chi connectivity index (χ2v) is 8.55. The van der Waals surface area contributed by atoms with Crippen molar-refractivity contribution in [2.45, 2.75) is 13.0 Å². The molecule has 0 radical (unpaired) electrons. The van der Waals surface area contributed by atoms with Crippen molar-refractivity contribution in [3.05, 3.63) is 67.2 Å². The minimum atomic E-state index is 0.127. The molecule has 0 amide bonds. The largest absolute Gasteiger partial charge is 0.285 e. The molecule has 1 atom stereocenters. The van der Waals surface area contributed by atoms with E-state index in [1.54, 1.807) is 11.3 Å². The topological polar surface area (TPSA) is 12.4 Å². The average Bonchev–Trinajstić information content (AvgIpc) is 2.82. The summed E-state index contributed by atoms with van der Waals surface area (Å²) >= 11 is 8.72. The van der Waals surface area contributed by atoms with Gasteiger partial charge in [-0.15, -0.1) is 11.3 Å². The van der Waals surface area contributed by atoms with Gasteiger partial charge >= 0.3 is 0 Å². The highest BCUT2D eigenvalue weighted by Crippen LogP contribution is 2.31.